The molecule has 1 fully saturated rings. The van der Waals surface area contributed by atoms with Crippen LogP contribution < -0.4 is 0 Å². The Morgan fingerprint density at radius 1 is 0.650 bits per heavy atom. The van der Waals surface area contributed by atoms with E-state index in [0.29, 0.717) is 0 Å². The highest BCUT2D eigenvalue weighted by Gasteiger charge is 2.52. The van der Waals surface area contributed by atoms with Crippen molar-refractivity contribution >= 4 is 17.9 Å². The van der Waals surface area contributed by atoms with Gasteiger partial charge in [0.25, 0.3) is 0 Å². The van der Waals surface area contributed by atoms with Gasteiger partial charge in [-0.2, -0.15) is 0 Å². The van der Waals surface area contributed by atoms with Crippen LogP contribution in [-0.2, 0) is 43.7 Å². The summed E-state index contributed by atoms with van der Waals surface area (Å²) in [7, 11) is 0. The maximum atomic E-state index is 12.1. The van der Waals surface area contributed by atoms with Crippen LogP contribution in [0.3, 0.4) is 0 Å². The first-order chi connectivity index (χ1) is 19.2. The molecule has 4 rings (SSSR count). The van der Waals surface area contributed by atoms with Gasteiger partial charge in [-0.1, -0.05) is 91.0 Å². The fourth-order valence-corrected chi connectivity index (χ4v) is 4.98. The van der Waals surface area contributed by atoms with Crippen molar-refractivity contribution in [1.82, 2.24) is 0 Å². The molecule has 1 aliphatic rings. The fraction of sp³-hybridized carbons (Fsp3) is 0.323. The van der Waals surface area contributed by atoms with E-state index in [1.165, 1.54) is 6.92 Å². The fourth-order valence-electron chi connectivity index (χ4n) is 4.98. The van der Waals surface area contributed by atoms with Gasteiger partial charge in [0.05, 0.1) is 6.61 Å². The molecule has 1 aliphatic heterocycles. The Morgan fingerprint density at radius 3 is 1.43 bits per heavy atom. The topological polar surface area (TPSA) is 118 Å². The highest BCUT2D eigenvalue weighted by molar-refractivity contribution is 5.68. The molecule has 1 N–H and O–H groups in total. The van der Waals surface area contributed by atoms with Crippen LogP contribution in [0.2, 0.25) is 0 Å². The molecule has 9 heteroatoms. The maximum Gasteiger partial charge on any atom is 0.303 e. The number of hydrogen-bond donors (Lipinski definition) is 1. The van der Waals surface area contributed by atoms with Crippen molar-refractivity contribution in [2.45, 2.75) is 57.1 Å². The largest absolute Gasteiger partial charge is 0.456 e. The smallest absolute Gasteiger partial charge is 0.303 e. The van der Waals surface area contributed by atoms with Crippen molar-refractivity contribution in [3.63, 3.8) is 0 Å². The summed E-state index contributed by atoms with van der Waals surface area (Å²) < 4.78 is 28.8. The van der Waals surface area contributed by atoms with E-state index in [1.54, 1.807) is 0 Å². The minimum Gasteiger partial charge on any atom is -0.456 e. The van der Waals surface area contributed by atoms with Crippen LogP contribution in [0.1, 0.15) is 37.5 Å². The van der Waals surface area contributed by atoms with Gasteiger partial charge in [0.15, 0.2) is 24.6 Å². The van der Waals surface area contributed by atoms with Crippen LogP contribution in [0.4, 0.5) is 0 Å². The number of benzene rings is 3. The zero-order valence-electron chi connectivity index (χ0n) is 22.5. The van der Waals surface area contributed by atoms with Crippen molar-refractivity contribution < 1.29 is 43.2 Å². The van der Waals surface area contributed by atoms with Crippen LogP contribution in [0.15, 0.2) is 91.0 Å². The van der Waals surface area contributed by atoms with E-state index >= 15 is 0 Å². The standard InChI is InChI=1S/C31H32O9/c1-20(32)37-27-26(40-30(35)29(39-22(3)34)28(27)38-21(2)33)19-36-31(23-13-7-4-8-14-23,24-15-9-5-10-16-24)25-17-11-6-12-18-25/h4-18,26-30,35H,19H2,1-3H3/t26-,27-,28+,29-,30-/m1/s1. The predicted molar refractivity (Wildman–Crippen MR) is 143 cm³/mol. The average Bonchev–Trinajstić information content (AvgIpc) is 2.94. The summed E-state index contributed by atoms with van der Waals surface area (Å²) in [4.78, 5) is 35.9. The van der Waals surface area contributed by atoms with Crippen LogP contribution in [0.25, 0.3) is 0 Å². The van der Waals surface area contributed by atoms with Crippen LogP contribution in [0.5, 0.6) is 0 Å². The Morgan fingerprint density at radius 2 is 1.02 bits per heavy atom. The molecule has 0 aromatic heterocycles. The number of aliphatic hydroxyl groups excluding tert-OH is 1. The minimum atomic E-state index is -1.69. The molecule has 0 unspecified atom stereocenters. The van der Waals surface area contributed by atoms with Crippen molar-refractivity contribution in [3.05, 3.63) is 108 Å². The second-order valence-electron chi connectivity index (χ2n) is 9.38. The normalized spacial score (nSPS) is 22.6. The molecule has 9 nitrogen and oxygen atoms in total. The molecular weight excluding hydrogens is 516 g/mol. The monoisotopic (exact) mass is 548 g/mol. The second-order valence-corrected chi connectivity index (χ2v) is 9.38. The Kier molecular flexibility index (Phi) is 9.31. The number of aliphatic hydroxyl groups is 1. The summed E-state index contributed by atoms with van der Waals surface area (Å²) in [5.41, 5.74) is 1.33. The molecule has 40 heavy (non-hydrogen) atoms. The zero-order valence-corrected chi connectivity index (χ0v) is 22.5. The number of hydrogen-bond acceptors (Lipinski definition) is 9. The van der Waals surface area contributed by atoms with Crippen molar-refractivity contribution in [2.75, 3.05) is 6.61 Å². The molecule has 3 aromatic carbocycles. The van der Waals surface area contributed by atoms with E-state index < -0.39 is 54.2 Å². The highest BCUT2D eigenvalue weighted by atomic mass is 16.7. The molecule has 1 saturated heterocycles. The van der Waals surface area contributed by atoms with Crippen LogP contribution >= 0.6 is 0 Å². The Labute approximate surface area is 232 Å². The quantitative estimate of drug-likeness (QED) is 0.244. The summed E-state index contributed by atoms with van der Waals surface area (Å²) in [6.07, 6.45) is -6.82. The van der Waals surface area contributed by atoms with Crippen molar-refractivity contribution in [3.8, 4) is 0 Å². The first-order valence-corrected chi connectivity index (χ1v) is 12.9. The molecule has 0 amide bonds. The van der Waals surface area contributed by atoms with E-state index in [9.17, 15) is 19.5 Å². The van der Waals surface area contributed by atoms with Gasteiger partial charge in [-0.25, -0.2) is 0 Å². The molecule has 5 atom stereocenters. The lowest BCUT2D eigenvalue weighted by molar-refractivity contribution is -0.299. The minimum absolute atomic E-state index is 0.210. The number of carbonyl (C=O) groups excluding carboxylic acids is 3. The Balaban J connectivity index is 1.79. The van der Waals surface area contributed by atoms with E-state index in [0.717, 1.165) is 30.5 Å². The van der Waals surface area contributed by atoms with Gasteiger partial charge in [0.2, 0.25) is 0 Å². The third kappa shape index (κ3) is 6.39. The summed E-state index contributed by atoms with van der Waals surface area (Å²) in [6.45, 7) is 3.28. The third-order valence-electron chi connectivity index (χ3n) is 6.52. The van der Waals surface area contributed by atoms with Gasteiger partial charge in [-0.05, 0) is 16.7 Å². The molecule has 0 radical (unpaired) electrons. The van der Waals surface area contributed by atoms with E-state index in [4.69, 9.17) is 23.7 Å². The lowest BCUT2D eigenvalue weighted by Crippen LogP contribution is -2.62. The summed E-state index contributed by atoms with van der Waals surface area (Å²) in [5, 5.41) is 10.8. The van der Waals surface area contributed by atoms with Crippen LogP contribution in [-0.4, -0.2) is 60.3 Å². The third-order valence-corrected chi connectivity index (χ3v) is 6.52. The molecule has 0 saturated carbocycles. The van der Waals surface area contributed by atoms with Gasteiger partial charge in [0.1, 0.15) is 11.7 Å². The predicted octanol–water partition coefficient (Wildman–Crippen LogP) is 3.51. The second kappa shape index (κ2) is 12.9. The van der Waals surface area contributed by atoms with Gasteiger partial charge in [0, 0.05) is 20.8 Å². The molecule has 0 spiro atoms. The molecule has 3 aromatic rings. The Bertz CT molecular complexity index is 1180. The Hall–Kier alpha value is -4.05. The summed E-state index contributed by atoms with van der Waals surface area (Å²) >= 11 is 0. The van der Waals surface area contributed by atoms with Crippen LogP contribution in [0, 0.1) is 0 Å². The van der Waals surface area contributed by atoms with Crippen molar-refractivity contribution in [1.29, 1.82) is 0 Å². The van der Waals surface area contributed by atoms with Gasteiger partial charge >= 0.3 is 17.9 Å². The van der Waals surface area contributed by atoms with Crippen molar-refractivity contribution in [2.24, 2.45) is 0 Å². The maximum absolute atomic E-state index is 12.1. The molecule has 210 valence electrons. The molecular formula is C31H32O9. The highest BCUT2D eigenvalue weighted by Crippen LogP contribution is 2.41. The average molecular weight is 549 g/mol. The number of rotatable bonds is 9. The molecule has 0 bridgehead atoms. The number of esters is 3. The number of ether oxygens (including phenoxy) is 5. The van der Waals surface area contributed by atoms with Gasteiger partial charge in [-0.15, -0.1) is 0 Å². The molecule has 0 aliphatic carbocycles. The van der Waals surface area contributed by atoms with E-state index in [2.05, 4.69) is 0 Å². The summed E-state index contributed by atoms with van der Waals surface area (Å²) in [6, 6.07) is 28.8. The zero-order chi connectivity index (χ0) is 28.7. The van der Waals surface area contributed by atoms with Gasteiger partial charge < -0.3 is 28.8 Å². The first kappa shape index (κ1) is 28.9. The first-order valence-electron chi connectivity index (χ1n) is 12.9. The SMILES string of the molecule is CC(=O)O[C@@H]1[C@@H](OC(C)=O)[C@H](O)O[C@H](COC(c2ccccc2)(c2ccccc2)c2ccccc2)[C@H]1OC(C)=O. The van der Waals surface area contributed by atoms with Gasteiger partial charge in [-0.3, -0.25) is 14.4 Å². The lowest BCUT2D eigenvalue weighted by Gasteiger charge is -2.44. The van der Waals surface area contributed by atoms with E-state index in [-0.39, 0.29) is 6.61 Å². The molecule has 1 heterocycles. The summed E-state index contributed by atoms with van der Waals surface area (Å²) in [5.74, 6) is -2.15. The van der Waals surface area contributed by atoms with E-state index in [1.807, 2.05) is 91.0 Å². The number of carbonyl (C=O) groups is 3. The lowest BCUT2D eigenvalue weighted by atomic mass is 9.80.